The van der Waals surface area contributed by atoms with Gasteiger partial charge in [0.25, 0.3) is 0 Å². The molecule has 2 rings (SSSR count). The summed E-state index contributed by atoms with van der Waals surface area (Å²) in [6.07, 6.45) is 4.09. The molecule has 1 fully saturated rings. The Morgan fingerprint density at radius 1 is 1.23 bits per heavy atom. The standard InChI is InChI=1S/C18H28N2O.ClH/c1-14(2)12-17(19)18(21)20-10-8-16(9-11-20)13-15-6-4-3-5-7-15;/h3-7,14,16-17H,8-13,19H2,1-2H3;1H/t17-;/m0./s1. The molecule has 1 aliphatic heterocycles. The van der Waals surface area contributed by atoms with E-state index < -0.39 is 0 Å². The summed E-state index contributed by atoms with van der Waals surface area (Å²) in [5.41, 5.74) is 7.42. The third-order valence-electron chi connectivity index (χ3n) is 4.34. The smallest absolute Gasteiger partial charge is 0.239 e. The van der Waals surface area contributed by atoms with Gasteiger partial charge in [-0.05, 0) is 43.1 Å². The van der Waals surface area contributed by atoms with Gasteiger partial charge in [-0.2, -0.15) is 0 Å². The lowest BCUT2D eigenvalue weighted by Gasteiger charge is -2.34. The highest BCUT2D eigenvalue weighted by Gasteiger charge is 2.26. The van der Waals surface area contributed by atoms with E-state index in [9.17, 15) is 4.79 Å². The summed E-state index contributed by atoms with van der Waals surface area (Å²) in [6.45, 7) is 5.95. The van der Waals surface area contributed by atoms with Crippen molar-refractivity contribution in [3.05, 3.63) is 35.9 Å². The lowest BCUT2D eigenvalue weighted by Crippen LogP contribution is -2.47. The van der Waals surface area contributed by atoms with Crippen LogP contribution in [0.15, 0.2) is 30.3 Å². The van der Waals surface area contributed by atoms with Gasteiger partial charge in [0.05, 0.1) is 6.04 Å². The molecular weight excluding hydrogens is 296 g/mol. The van der Waals surface area contributed by atoms with E-state index in [1.165, 1.54) is 5.56 Å². The van der Waals surface area contributed by atoms with Crippen LogP contribution in [0, 0.1) is 11.8 Å². The molecule has 1 amide bonds. The third-order valence-corrected chi connectivity index (χ3v) is 4.34. The number of halogens is 1. The zero-order chi connectivity index (χ0) is 15.2. The van der Waals surface area contributed by atoms with E-state index >= 15 is 0 Å². The summed E-state index contributed by atoms with van der Waals surface area (Å²) in [5.74, 6) is 1.30. The fraction of sp³-hybridized carbons (Fsp3) is 0.611. The first-order chi connectivity index (χ1) is 10.1. The molecule has 1 saturated heterocycles. The predicted octanol–water partition coefficient (Wildman–Crippen LogP) is 3.26. The second kappa shape index (κ2) is 9.16. The average Bonchev–Trinajstić information content (AvgIpc) is 2.47. The van der Waals surface area contributed by atoms with E-state index in [-0.39, 0.29) is 24.4 Å². The molecule has 1 aromatic carbocycles. The highest BCUT2D eigenvalue weighted by molar-refractivity contribution is 5.85. The van der Waals surface area contributed by atoms with Gasteiger partial charge in [-0.3, -0.25) is 4.79 Å². The molecular formula is C18H29ClN2O. The summed E-state index contributed by atoms with van der Waals surface area (Å²) < 4.78 is 0. The Bertz CT molecular complexity index is 442. The Kier molecular flexibility index (Phi) is 7.91. The number of likely N-dealkylation sites (tertiary alicyclic amines) is 1. The first kappa shape index (κ1) is 19.0. The fourth-order valence-corrected chi connectivity index (χ4v) is 3.15. The van der Waals surface area contributed by atoms with Crippen molar-refractivity contribution in [2.75, 3.05) is 13.1 Å². The Morgan fingerprint density at radius 2 is 1.82 bits per heavy atom. The molecule has 0 bridgehead atoms. The average molecular weight is 325 g/mol. The van der Waals surface area contributed by atoms with E-state index in [0.717, 1.165) is 38.8 Å². The van der Waals surface area contributed by atoms with Crippen LogP contribution in [0.1, 0.15) is 38.7 Å². The van der Waals surface area contributed by atoms with Gasteiger partial charge in [0.2, 0.25) is 5.91 Å². The molecule has 3 nitrogen and oxygen atoms in total. The SMILES string of the molecule is CC(C)C[C@H](N)C(=O)N1CCC(Cc2ccccc2)CC1.Cl. The number of nitrogens with zero attached hydrogens (tertiary/aromatic N) is 1. The molecule has 22 heavy (non-hydrogen) atoms. The van der Waals surface area contributed by atoms with Crippen LogP contribution >= 0.6 is 12.4 Å². The number of hydrogen-bond acceptors (Lipinski definition) is 2. The van der Waals surface area contributed by atoms with Crippen LogP contribution < -0.4 is 5.73 Å². The van der Waals surface area contributed by atoms with Crippen molar-refractivity contribution in [2.45, 2.75) is 45.6 Å². The second-order valence-corrected chi connectivity index (χ2v) is 6.69. The molecule has 0 saturated carbocycles. The van der Waals surface area contributed by atoms with Crippen molar-refractivity contribution in [1.82, 2.24) is 4.90 Å². The Balaban J connectivity index is 0.00000242. The molecule has 0 radical (unpaired) electrons. The molecule has 2 N–H and O–H groups in total. The second-order valence-electron chi connectivity index (χ2n) is 6.69. The molecule has 0 unspecified atom stereocenters. The molecule has 1 atom stereocenters. The van der Waals surface area contributed by atoms with Gasteiger partial charge in [-0.1, -0.05) is 44.2 Å². The van der Waals surface area contributed by atoms with Gasteiger partial charge in [-0.15, -0.1) is 12.4 Å². The minimum Gasteiger partial charge on any atom is -0.341 e. The number of carbonyl (C=O) groups excluding carboxylic acids is 1. The van der Waals surface area contributed by atoms with E-state index in [0.29, 0.717) is 11.8 Å². The summed E-state index contributed by atoms with van der Waals surface area (Å²) >= 11 is 0. The van der Waals surface area contributed by atoms with Crippen molar-refractivity contribution in [3.63, 3.8) is 0 Å². The molecule has 4 heteroatoms. The van der Waals surface area contributed by atoms with Crippen molar-refractivity contribution in [1.29, 1.82) is 0 Å². The van der Waals surface area contributed by atoms with Crippen LogP contribution in [0.4, 0.5) is 0 Å². The largest absolute Gasteiger partial charge is 0.341 e. The lowest BCUT2D eigenvalue weighted by molar-refractivity contribution is -0.134. The monoisotopic (exact) mass is 324 g/mol. The quantitative estimate of drug-likeness (QED) is 0.903. The minimum absolute atomic E-state index is 0. The molecule has 1 aromatic rings. The number of hydrogen-bond donors (Lipinski definition) is 1. The Morgan fingerprint density at radius 3 is 2.36 bits per heavy atom. The number of piperidine rings is 1. The maximum Gasteiger partial charge on any atom is 0.239 e. The highest BCUT2D eigenvalue weighted by atomic mass is 35.5. The van der Waals surface area contributed by atoms with Crippen LogP contribution in [-0.4, -0.2) is 29.9 Å². The molecule has 1 heterocycles. The van der Waals surface area contributed by atoms with Gasteiger partial charge < -0.3 is 10.6 Å². The number of benzene rings is 1. The first-order valence-corrected chi connectivity index (χ1v) is 8.14. The zero-order valence-electron chi connectivity index (χ0n) is 13.7. The number of nitrogens with two attached hydrogens (primary N) is 1. The molecule has 0 aromatic heterocycles. The number of carbonyl (C=O) groups is 1. The topological polar surface area (TPSA) is 46.3 Å². The maximum absolute atomic E-state index is 12.3. The van der Waals surface area contributed by atoms with E-state index in [2.05, 4.69) is 44.2 Å². The van der Waals surface area contributed by atoms with E-state index in [1.54, 1.807) is 0 Å². The Labute approximate surface area is 140 Å². The van der Waals surface area contributed by atoms with Crippen molar-refractivity contribution >= 4 is 18.3 Å². The summed E-state index contributed by atoms with van der Waals surface area (Å²) in [5, 5.41) is 0. The highest BCUT2D eigenvalue weighted by Crippen LogP contribution is 2.22. The predicted molar refractivity (Wildman–Crippen MR) is 94.1 cm³/mol. The number of rotatable bonds is 5. The summed E-state index contributed by atoms with van der Waals surface area (Å²) in [7, 11) is 0. The zero-order valence-corrected chi connectivity index (χ0v) is 14.5. The lowest BCUT2D eigenvalue weighted by atomic mass is 9.90. The van der Waals surface area contributed by atoms with Gasteiger partial charge in [0, 0.05) is 13.1 Å². The van der Waals surface area contributed by atoms with Gasteiger partial charge >= 0.3 is 0 Å². The van der Waals surface area contributed by atoms with Crippen molar-refractivity contribution < 1.29 is 4.79 Å². The van der Waals surface area contributed by atoms with Crippen LogP contribution in [0.2, 0.25) is 0 Å². The fourth-order valence-electron chi connectivity index (χ4n) is 3.15. The minimum atomic E-state index is -0.323. The molecule has 0 spiro atoms. The van der Waals surface area contributed by atoms with Crippen molar-refractivity contribution in [3.8, 4) is 0 Å². The van der Waals surface area contributed by atoms with Crippen LogP contribution in [-0.2, 0) is 11.2 Å². The summed E-state index contributed by atoms with van der Waals surface area (Å²) in [6, 6.07) is 10.3. The Hall–Kier alpha value is -1.06. The van der Waals surface area contributed by atoms with E-state index in [1.807, 2.05) is 4.90 Å². The van der Waals surface area contributed by atoms with Crippen LogP contribution in [0.25, 0.3) is 0 Å². The van der Waals surface area contributed by atoms with Gasteiger partial charge in [-0.25, -0.2) is 0 Å². The summed E-state index contributed by atoms with van der Waals surface area (Å²) in [4.78, 5) is 14.3. The third kappa shape index (κ3) is 5.62. The first-order valence-electron chi connectivity index (χ1n) is 8.14. The maximum atomic E-state index is 12.3. The molecule has 0 aliphatic carbocycles. The number of amides is 1. The van der Waals surface area contributed by atoms with Gasteiger partial charge in [0.15, 0.2) is 0 Å². The van der Waals surface area contributed by atoms with Crippen LogP contribution in [0.5, 0.6) is 0 Å². The molecule has 124 valence electrons. The van der Waals surface area contributed by atoms with Gasteiger partial charge in [0.1, 0.15) is 0 Å². The van der Waals surface area contributed by atoms with E-state index in [4.69, 9.17) is 5.73 Å². The van der Waals surface area contributed by atoms with Crippen molar-refractivity contribution in [2.24, 2.45) is 17.6 Å². The normalized spacial score (nSPS) is 17.2. The van der Waals surface area contributed by atoms with Crippen LogP contribution in [0.3, 0.4) is 0 Å². The molecule has 1 aliphatic rings.